The van der Waals surface area contributed by atoms with E-state index in [2.05, 4.69) is 10.6 Å². The molecule has 0 aliphatic heterocycles. The third kappa shape index (κ3) is 5.15. The van der Waals surface area contributed by atoms with E-state index in [0.717, 1.165) is 0 Å². The average molecular weight is 261 g/mol. The Bertz CT molecular complexity index is 360. The number of halogens is 2. The van der Waals surface area contributed by atoms with Crippen LogP contribution in [0.5, 0.6) is 0 Å². The van der Waals surface area contributed by atoms with Gasteiger partial charge in [-0.25, -0.2) is 4.39 Å². The van der Waals surface area contributed by atoms with Gasteiger partial charge in [0, 0.05) is 24.6 Å². The number of hydrogen-bond acceptors (Lipinski definition) is 2. The molecule has 0 heterocycles. The second-order valence-corrected chi connectivity index (χ2v) is 3.77. The van der Waals surface area contributed by atoms with Crippen molar-refractivity contribution in [3.05, 3.63) is 35.6 Å². The molecule has 0 spiro atoms. The largest absolute Gasteiger partial charge is 0.352 e. The van der Waals surface area contributed by atoms with Crippen LogP contribution in [-0.2, 0) is 11.3 Å². The minimum atomic E-state index is -0.288. The van der Waals surface area contributed by atoms with Crippen LogP contribution in [0.4, 0.5) is 4.39 Å². The number of carbonyl (C=O) groups is 1. The zero-order valence-corrected chi connectivity index (χ0v) is 10.8. The summed E-state index contributed by atoms with van der Waals surface area (Å²) < 4.78 is 13.2. The van der Waals surface area contributed by atoms with Crippen molar-refractivity contribution in [3.63, 3.8) is 0 Å². The van der Waals surface area contributed by atoms with E-state index in [9.17, 15) is 9.18 Å². The van der Waals surface area contributed by atoms with Gasteiger partial charge in [0.25, 0.3) is 0 Å². The molecule has 96 valence electrons. The van der Waals surface area contributed by atoms with Crippen LogP contribution >= 0.6 is 12.4 Å². The molecule has 0 saturated heterocycles. The van der Waals surface area contributed by atoms with Crippen LogP contribution in [0.1, 0.15) is 12.5 Å². The maximum Gasteiger partial charge on any atom is 0.224 e. The lowest BCUT2D eigenvalue weighted by Crippen LogP contribution is -2.34. The quantitative estimate of drug-likeness (QED) is 0.847. The van der Waals surface area contributed by atoms with Crippen molar-refractivity contribution >= 4 is 18.3 Å². The smallest absolute Gasteiger partial charge is 0.224 e. The summed E-state index contributed by atoms with van der Waals surface area (Å²) in [5.74, 6) is -0.474. The third-order valence-electron chi connectivity index (χ3n) is 2.37. The van der Waals surface area contributed by atoms with Crippen molar-refractivity contribution in [1.82, 2.24) is 10.6 Å². The molecule has 1 aromatic rings. The van der Waals surface area contributed by atoms with E-state index in [4.69, 9.17) is 0 Å². The van der Waals surface area contributed by atoms with Crippen molar-refractivity contribution in [1.29, 1.82) is 0 Å². The molecule has 1 atom stereocenters. The Morgan fingerprint density at radius 2 is 2.06 bits per heavy atom. The standard InChI is InChI=1S/C12H17FN2O.ClH/c1-9(7-14-2)12(16)15-8-10-5-3-4-6-11(10)13;/h3-6,9,14H,7-8H2,1-2H3,(H,15,16);1H. The summed E-state index contributed by atoms with van der Waals surface area (Å²) in [6.45, 7) is 2.68. The second kappa shape index (κ2) is 8.03. The van der Waals surface area contributed by atoms with Gasteiger partial charge in [-0.05, 0) is 13.1 Å². The second-order valence-electron chi connectivity index (χ2n) is 3.77. The summed E-state index contributed by atoms with van der Waals surface area (Å²) in [6.07, 6.45) is 0. The first-order valence-corrected chi connectivity index (χ1v) is 5.31. The molecule has 5 heteroatoms. The molecule has 0 radical (unpaired) electrons. The van der Waals surface area contributed by atoms with Crippen molar-refractivity contribution in [2.45, 2.75) is 13.5 Å². The molecule has 1 rings (SSSR count). The number of amides is 1. The molecule has 1 aromatic carbocycles. The molecular formula is C12H18ClFN2O. The number of benzene rings is 1. The number of nitrogens with one attached hydrogen (secondary N) is 2. The van der Waals surface area contributed by atoms with E-state index in [1.54, 1.807) is 25.2 Å². The fourth-order valence-corrected chi connectivity index (χ4v) is 1.40. The Morgan fingerprint density at radius 3 is 2.65 bits per heavy atom. The Balaban J connectivity index is 0.00000256. The van der Waals surface area contributed by atoms with Gasteiger partial charge in [-0.15, -0.1) is 12.4 Å². The lowest BCUT2D eigenvalue weighted by molar-refractivity contribution is -0.124. The van der Waals surface area contributed by atoms with Gasteiger partial charge in [0.2, 0.25) is 5.91 Å². The summed E-state index contributed by atoms with van der Waals surface area (Å²) in [5.41, 5.74) is 0.507. The van der Waals surface area contributed by atoms with Crippen molar-refractivity contribution < 1.29 is 9.18 Å². The third-order valence-corrected chi connectivity index (χ3v) is 2.37. The van der Waals surface area contributed by atoms with E-state index in [0.29, 0.717) is 12.1 Å². The van der Waals surface area contributed by atoms with Crippen LogP contribution in [0.15, 0.2) is 24.3 Å². The topological polar surface area (TPSA) is 41.1 Å². The van der Waals surface area contributed by atoms with Gasteiger partial charge in [-0.3, -0.25) is 4.79 Å². The molecule has 0 aliphatic carbocycles. The summed E-state index contributed by atoms with van der Waals surface area (Å²) in [5, 5.41) is 5.63. The van der Waals surface area contributed by atoms with Crippen molar-refractivity contribution in [3.8, 4) is 0 Å². The predicted molar refractivity (Wildman–Crippen MR) is 68.6 cm³/mol. The maximum absolute atomic E-state index is 13.2. The lowest BCUT2D eigenvalue weighted by atomic mass is 10.1. The molecule has 0 aliphatic rings. The SMILES string of the molecule is CNCC(C)C(=O)NCc1ccccc1F.Cl. The minimum Gasteiger partial charge on any atom is -0.352 e. The van der Waals surface area contributed by atoms with Crippen LogP contribution < -0.4 is 10.6 Å². The van der Waals surface area contributed by atoms with Crippen molar-refractivity contribution in [2.75, 3.05) is 13.6 Å². The van der Waals surface area contributed by atoms with Gasteiger partial charge in [0.1, 0.15) is 5.82 Å². The number of hydrogen-bond donors (Lipinski definition) is 2. The summed E-state index contributed by atoms with van der Waals surface area (Å²) >= 11 is 0. The first kappa shape index (κ1) is 15.9. The predicted octanol–water partition coefficient (Wildman–Crippen LogP) is 1.72. The normalized spacial score (nSPS) is 11.5. The zero-order valence-electron chi connectivity index (χ0n) is 10.00. The fourth-order valence-electron chi connectivity index (χ4n) is 1.40. The summed E-state index contributed by atoms with van der Waals surface area (Å²) in [4.78, 5) is 11.5. The minimum absolute atomic E-state index is 0. The number of rotatable bonds is 5. The van der Waals surface area contributed by atoms with Gasteiger partial charge in [0.05, 0.1) is 0 Å². The van der Waals surface area contributed by atoms with Gasteiger partial charge < -0.3 is 10.6 Å². The monoisotopic (exact) mass is 260 g/mol. The van der Waals surface area contributed by atoms with Gasteiger partial charge in [-0.2, -0.15) is 0 Å². The molecule has 1 unspecified atom stereocenters. The van der Waals surface area contributed by atoms with E-state index >= 15 is 0 Å². The first-order chi connectivity index (χ1) is 7.65. The van der Waals surface area contributed by atoms with Gasteiger partial charge >= 0.3 is 0 Å². The molecule has 17 heavy (non-hydrogen) atoms. The Labute approximate surface area is 107 Å². The van der Waals surface area contributed by atoms with Crippen LogP contribution in [0.3, 0.4) is 0 Å². The zero-order chi connectivity index (χ0) is 12.0. The lowest BCUT2D eigenvalue weighted by Gasteiger charge is -2.11. The van der Waals surface area contributed by atoms with Crippen LogP contribution in [0.25, 0.3) is 0 Å². The van der Waals surface area contributed by atoms with Gasteiger partial charge in [0.15, 0.2) is 0 Å². The highest BCUT2D eigenvalue weighted by molar-refractivity contribution is 5.85. The fraction of sp³-hybridized carbons (Fsp3) is 0.417. The molecule has 0 bridgehead atoms. The molecule has 0 fully saturated rings. The first-order valence-electron chi connectivity index (χ1n) is 5.31. The molecule has 3 nitrogen and oxygen atoms in total. The van der Waals surface area contributed by atoms with Crippen LogP contribution in [-0.4, -0.2) is 19.5 Å². The van der Waals surface area contributed by atoms with E-state index < -0.39 is 0 Å². The highest BCUT2D eigenvalue weighted by Gasteiger charge is 2.11. The molecule has 1 amide bonds. The molecule has 0 aromatic heterocycles. The summed E-state index contributed by atoms with van der Waals surface area (Å²) in [7, 11) is 1.79. The average Bonchev–Trinajstić information content (AvgIpc) is 2.28. The highest BCUT2D eigenvalue weighted by Crippen LogP contribution is 2.05. The molecular weight excluding hydrogens is 243 g/mol. The Kier molecular flexibility index (Phi) is 7.50. The van der Waals surface area contributed by atoms with Crippen LogP contribution in [0, 0.1) is 11.7 Å². The maximum atomic E-state index is 13.2. The Morgan fingerprint density at radius 1 is 1.41 bits per heavy atom. The van der Waals surface area contributed by atoms with E-state index in [1.165, 1.54) is 6.07 Å². The summed E-state index contributed by atoms with van der Waals surface area (Å²) in [6, 6.07) is 6.43. The van der Waals surface area contributed by atoms with Gasteiger partial charge in [-0.1, -0.05) is 25.1 Å². The highest BCUT2D eigenvalue weighted by atomic mass is 35.5. The van der Waals surface area contributed by atoms with Crippen LogP contribution in [0.2, 0.25) is 0 Å². The van der Waals surface area contributed by atoms with Crippen molar-refractivity contribution in [2.24, 2.45) is 5.92 Å². The molecule has 2 N–H and O–H groups in total. The Hall–Kier alpha value is -1.13. The van der Waals surface area contributed by atoms with E-state index in [1.807, 2.05) is 6.92 Å². The van der Waals surface area contributed by atoms with E-state index in [-0.39, 0.29) is 36.6 Å². The number of carbonyl (C=O) groups excluding carboxylic acids is 1. The molecule has 0 saturated carbocycles.